The molecular weight excluding hydrogens is 292 g/mol. The second-order valence-corrected chi connectivity index (χ2v) is 17.6. The number of benzene rings is 1. The number of ether oxygens (including phenoxy) is 1. The standard InChI is InChI=1S/C17H28O2Si2/c1-19-17(18)16(21(5,6)7)15(20(2,3)4)13-14-11-9-8-10-12-14/h8-12H,13H2,1-7H3/b16-15-. The van der Waals surface area contributed by atoms with E-state index in [0.29, 0.717) is 0 Å². The monoisotopic (exact) mass is 320 g/mol. The Morgan fingerprint density at radius 1 is 0.952 bits per heavy atom. The molecule has 0 saturated heterocycles. The van der Waals surface area contributed by atoms with Crippen LogP contribution in [0, 0.1) is 0 Å². The Hall–Kier alpha value is -1.14. The molecule has 0 N–H and O–H groups in total. The molecule has 0 spiro atoms. The normalized spacial score (nSPS) is 13.7. The molecule has 0 aliphatic carbocycles. The van der Waals surface area contributed by atoms with E-state index in [0.717, 1.165) is 11.6 Å². The fourth-order valence-electron chi connectivity index (χ4n) is 2.51. The predicted molar refractivity (Wildman–Crippen MR) is 95.9 cm³/mol. The number of carbonyl (C=O) groups excluding carboxylic acids is 1. The third kappa shape index (κ3) is 4.97. The largest absolute Gasteiger partial charge is 0.466 e. The second-order valence-electron chi connectivity index (χ2n) is 7.51. The first-order valence-electron chi connectivity index (χ1n) is 7.43. The van der Waals surface area contributed by atoms with Crippen LogP contribution >= 0.6 is 0 Å². The molecule has 4 heteroatoms. The van der Waals surface area contributed by atoms with Gasteiger partial charge in [0.1, 0.15) is 0 Å². The van der Waals surface area contributed by atoms with Crippen molar-refractivity contribution in [3.63, 3.8) is 0 Å². The van der Waals surface area contributed by atoms with Crippen molar-refractivity contribution in [2.75, 3.05) is 7.11 Å². The average molecular weight is 321 g/mol. The molecule has 1 aromatic rings. The molecule has 21 heavy (non-hydrogen) atoms. The molecule has 2 nitrogen and oxygen atoms in total. The molecule has 1 rings (SSSR count). The van der Waals surface area contributed by atoms with Gasteiger partial charge in [0.25, 0.3) is 0 Å². The summed E-state index contributed by atoms with van der Waals surface area (Å²) in [5.74, 6) is -0.123. The first-order valence-corrected chi connectivity index (χ1v) is 14.4. The molecule has 0 aromatic heterocycles. The van der Waals surface area contributed by atoms with E-state index in [2.05, 4.69) is 63.5 Å². The maximum Gasteiger partial charge on any atom is 0.329 e. The van der Waals surface area contributed by atoms with Gasteiger partial charge in [0.2, 0.25) is 0 Å². The van der Waals surface area contributed by atoms with Crippen LogP contribution in [0.25, 0.3) is 0 Å². The molecule has 116 valence electrons. The minimum absolute atomic E-state index is 0.123. The van der Waals surface area contributed by atoms with Crippen molar-refractivity contribution in [2.24, 2.45) is 0 Å². The molecule has 0 amide bonds. The summed E-state index contributed by atoms with van der Waals surface area (Å²) in [5.41, 5.74) is 1.27. The third-order valence-corrected chi connectivity index (χ3v) is 8.06. The zero-order valence-corrected chi connectivity index (χ0v) is 16.4. The Morgan fingerprint density at radius 2 is 1.48 bits per heavy atom. The van der Waals surface area contributed by atoms with Gasteiger partial charge in [-0.2, -0.15) is 0 Å². The fraction of sp³-hybridized carbons (Fsp3) is 0.471. The third-order valence-electron chi connectivity index (χ3n) is 3.57. The maximum atomic E-state index is 12.4. The van der Waals surface area contributed by atoms with Crippen molar-refractivity contribution >= 4 is 22.1 Å². The van der Waals surface area contributed by atoms with E-state index in [-0.39, 0.29) is 5.97 Å². The highest BCUT2D eigenvalue weighted by atomic mass is 28.3. The van der Waals surface area contributed by atoms with Crippen LogP contribution in [0.2, 0.25) is 39.3 Å². The van der Waals surface area contributed by atoms with Crippen molar-refractivity contribution in [3.05, 3.63) is 46.3 Å². The highest BCUT2D eigenvalue weighted by Gasteiger charge is 2.34. The molecule has 0 fully saturated rings. The van der Waals surface area contributed by atoms with E-state index in [1.807, 2.05) is 6.07 Å². The average Bonchev–Trinajstić information content (AvgIpc) is 2.36. The van der Waals surface area contributed by atoms with E-state index < -0.39 is 16.1 Å². The summed E-state index contributed by atoms with van der Waals surface area (Å²) in [7, 11) is -1.87. The summed E-state index contributed by atoms with van der Waals surface area (Å²) in [5, 5.41) is 2.34. The van der Waals surface area contributed by atoms with E-state index in [4.69, 9.17) is 4.74 Å². The molecule has 0 radical (unpaired) electrons. The number of allylic oxidation sites excluding steroid dienone is 1. The van der Waals surface area contributed by atoms with Crippen LogP contribution in [0.4, 0.5) is 0 Å². The zero-order chi connectivity index (χ0) is 16.3. The van der Waals surface area contributed by atoms with Gasteiger partial charge in [-0.25, -0.2) is 4.79 Å². The summed E-state index contributed by atoms with van der Waals surface area (Å²) < 4.78 is 5.11. The quantitative estimate of drug-likeness (QED) is 0.455. The summed E-state index contributed by atoms with van der Waals surface area (Å²) in [4.78, 5) is 12.4. The Balaban J connectivity index is 3.45. The van der Waals surface area contributed by atoms with Crippen LogP contribution in [0.1, 0.15) is 5.56 Å². The summed E-state index contributed by atoms with van der Waals surface area (Å²) >= 11 is 0. The molecule has 0 bridgehead atoms. The van der Waals surface area contributed by atoms with Gasteiger partial charge >= 0.3 is 5.97 Å². The highest BCUT2D eigenvalue weighted by molar-refractivity contribution is 6.92. The number of esters is 1. The molecule has 1 aromatic carbocycles. The summed E-state index contributed by atoms with van der Waals surface area (Å²) in [6.07, 6.45) is 0.866. The van der Waals surface area contributed by atoms with Gasteiger partial charge in [-0.1, -0.05) is 74.8 Å². The van der Waals surface area contributed by atoms with Crippen LogP contribution in [0.5, 0.6) is 0 Å². The van der Waals surface area contributed by atoms with Crippen LogP contribution < -0.4 is 0 Å². The van der Waals surface area contributed by atoms with Gasteiger partial charge in [0.05, 0.1) is 23.3 Å². The van der Waals surface area contributed by atoms with Crippen LogP contribution in [-0.2, 0) is 16.0 Å². The second kappa shape index (κ2) is 6.75. The Bertz CT molecular complexity index is 520. The topological polar surface area (TPSA) is 26.3 Å². The number of carbonyl (C=O) groups is 1. The lowest BCUT2D eigenvalue weighted by molar-refractivity contribution is -0.135. The van der Waals surface area contributed by atoms with Gasteiger partial charge in [-0.05, 0) is 12.0 Å². The lowest BCUT2D eigenvalue weighted by atomic mass is 10.1. The Morgan fingerprint density at radius 3 is 1.86 bits per heavy atom. The molecule has 0 atom stereocenters. The van der Waals surface area contributed by atoms with E-state index in [9.17, 15) is 4.79 Å². The first-order chi connectivity index (χ1) is 9.57. The van der Waals surface area contributed by atoms with Crippen molar-refractivity contribution < 1.29 is 9.53 Å². The van der Waals surface area contributed by atoms with Crippen LogP contribution in [0.3, 0.4) is 0 Å². The Kier molecular flexibility index (Phi) is 5.76. The number of hydrogen-bond donors (Lipinski definition) is 0. The van der Waals surface area contributed by atoms with Gasteiger partial charge in [-0.3, -0.25) is 0 Å². The number of methoxy groups -OCH3 is 1. The van der Waals surface area contributed by atoms with E-state index >= 15 is 0 Å². The molecule has 0 unspecified atom stereocenters. The minimum atomic E-state index is -1.76. The number of rotatable bonds is 5. The van der Waals surface area contributed by atoms with Crippen molar-refractivity contribution in [1.82, 2.24) is 0 Å². The first kappa shape index (κ1) is 17.9. The van der Waals surface area contributed by atoms with Crippen molar-refractivity contribution in [2.45, 2.75) is 45.7 Å². The predicted octanol–water partition coefficient (Wildman–Crippen LogP) is 4.45. The summed E-state index contributed by atoms with van der Waals surface area (Å²) in [6.45, 7) is 13.6. The van der Waals surface area contributed by atoms with Crippen LogP contribution in [0.15, 0.2) is 40.7 Å². The molecule has 0 aliphatic heterocycles. The lowest BCUT2D eigenvalue weighted by Crippen LogP contribution is -2.38. The van der Waals surface area contributed by atoms with Gasteiger partial charge in [0, 0.05) is 5.20 Å². The zero-order valence-electron chi connectivity index (χ0n) is 14.4. The minimum Gasteiger partial charge on any atom is -0.466 e. The van der Waals surface area contributed by atoms with Gasteiger partial charge < -0.3 is 4.74 Å². The highest BCUT2D eigenvalue weighted by Crippen LogP contribution is 2.29. The Labute approximate surface area is 131 Å². The molecule has 0 saturated carbocycles. The molecule has 0 heterocycles. The van der Waals surface area contributed by atoms with Gasteiger partial charge in [0.15, 0.2) is 0 Å². The molecular formula is C17H28O2Si2. The van der Waals surface area contributed by atoms with Crippen LogP contribution in [-0.4, -0.2) is 29.2 Å². The maximum absolute atomic E-state index is 12.4. The lowest BCUT2D eigenvalue weighted by Gasteiger charge is -2.30. The van der Waals surface area contributed by atoms with Crippen molar-refractivity contribution in [3.8, 4) is 0 Å². The fourth-order valence-corrected chi connectivity index (χ4v) is 8.06. The SMILES string of the molecule is COC(=O)/C(=C(\Cc1ccccc1)[Si](C)(C)C)[Si](C)(C)C. The smallest absolute Gasteiger partial charge is 0.329 e. The van der Waals surface area contributed by atoms with Gasteiger partial charge in [-0.15, -0.1) is 0 Å². The van der Waals surface area contributed by atoms with Crippen molar-refractivity contribution in [1.29, 1.82) is 0 Å². The number of hydrogen-bond acceptors (Lipinski definition) is 2. The van der Waals surface area contributed by atoms with E-state index in [1.54, 1.807) is 0 Å². The summed E-state index contributed by atoms with van der Waals surface area (Å²) in [6, 6.07) is 10.4. The molecule has 0 aliphatic rings. The van der Waals surface area contributed by atoms with E-state index in [1.165, 1.54) is 17.9 Å².